The number of amides is 1. The van der Waals surface area contributed by atoms with Crippen LogP contribution in [0.15, 0.2) is 18.2 Å². The number of carbonyl (C=O) groups excluding carboxylic acids is 1. The smallest absolute Gasteiger partial charge is 0.313 e. The Morgan fingerprint density at radius 3 is 2.95 bits per heavy atom. The number of nitrogens with one attached hydrogen (secondary N) is 2. The number of aromatic nitrogens is 2. The summed E-state index contributed by atoms with van der Waals surface area (Å²) >= 11 is 1.06. The standard InChI is InChI=1S/C12H13N3O3S/c1-7-13-9-3-2-8(4-10(9)14-7)15-11(16)5-19-6-12(17)18/h2-4H,5-6H2,1H3,(H,13,14)(H,15,16)(H,17,18). The van der Waals surface area contributed by atoms with Crippen molar-refractivity contribution in [3.8, 4) is 0 Å². The number of rotatable bonds is 5. The molecule has 1 aromatic heterocycles. The summed E-state index contributed by atoms with van der Waals surface area (Å²) in [6.45, 7) is 1.86. The van der Waals surface area contributed by atoms with E-state index in [9.17, 15) is 9.59 Å². The Morgan fingerprint density at radius 1 is 1.42 bits per heavy atom. The molecule has 6 nitrogen and oxygen atoms in total. The third-order valence-electron chi connectivity index (χ3n) is 2.34. The SMILES string of the molecule is Cc1nc2ccc(NC(=O)CSCC(=O)O)cc2[nH]1. The molecule has 0 bridgehead atoms. The number of aliphatic carboxylic acids is 1. The molecule has 0 aliphatic rings. The number of benzene rings is 1. The number of anilines is 1. The Bertz CT molecular complexity index is 624. The number of carboxylic acid groups (broad SMARTS) is 1. The third kappa shape index (κ3) is 3.72. The lowest BCUT2D eigenvalue weighted by Crippen LogP contribution is -2.15. The number of H-pyrrole nitrogens is 1. The molecule has 0 spiro atoms. The molecule has 19 heavy (non-hydrogen) atoms. The Labute approximate surface area is 113 Å². The van der Waals surface area contributed by atoms with Crippen LogP contribution in [-0.4, -0.2) is 38.5 Å². The average molecular weight is 279 g/mol. The lowest BCUT2D eigenvalue weighted by atomic mass is 10.3. The Kier molecular flexibility index (Phi) is 4.06. The van der Waals surface area contributed by atoms with Gasteiger partial charge in [-0.3, -0.25) is 9.59 Å². The fraction of sp³-hybridized carbons (Fsp3) is 0.250. The van der Waals surface area contributed by atoms with Gasteiger partial charge in [0.25, 0.3) is 0 Å². The molecule has 0 fully saturated rings. The predicted molar refractivity (Wildman–Crippen MR) is 74.4 cm³/mol. The molecule has 1 amide bonds. The van der Waals surface area contributed by atoms with E-state index in [2.05, 4.69) is 15.3 Å². The highest BCUT2D eigenvalue weighted by Gasteiger charge is 2.06. The molecule has 1 aromatic carbocycles. The van der Waals surface area contributed by atoms with Crippen molar-refractivity contribution in [1.29, 1.82) is 0 Å². The summed E-state index contributed by atoms with van der Waals surface area (Å²) in [7, 11) is 0. The van der Waals surface area contributed by atoms with Crippen LogP contribution in [0.1, 0.15) is 5.82 Å². The maximum absolute atomic E-state index is 11.6. The van der Waals surface area contributed by atoms with Crippen LogP contribution in [0.2, 0.25) is 0 Å². The number of hydrogen-bond donors (Lipinski definition) is 3. The molecule has 0 atom stereocenters. The maximum Gasteiger partial charge on any atom is 0.313 e. The molecule has 0 aliphatic heterocycles. The van der Waals surface area contributed by atoms with Crippen LogP contribution in [0, 0.1) is 6.92 Å². The lowest BCUT2D eigenvalue weighted by molar-refractivity contribution is -0.133. The predicted octanol–water partition coefficient (Wildman–Crippen LogP) is 1.63. The largest absolute Gasteiger partial charge is 0.481 e. The minimum atomic E-state index is -0.924. The van der Waals surface area contributed by atoms with E-state index in [1.165, 1.54) is 0 Å². The quantitative estimate of drug-likeness (QED) is 0.773. The molecule has 2 rings (SSSR count). The highest BCUT2D eigenvalue weighted by atomic mass is 32.2. The van der Waals surface area contributed by atoms with Gasteiger partial charge in [-0.25, -0.2) is 4.98 Å². The third-order valence-corrected chi connectivity index (χ3v) is 3.26. The van der Waals surface area contributed by atoms with Crippen LogP contribution in [0.4, 0.5) is 5.69 Å². The number of imidazole rings is 1. The van der Waals surface area contributed by atoms with E-state index >= 15 is 0 Å². The summed E-state index contributed by atoms with van der Waals surface area (Å²) in [4.78, 5) is 29.3. The molecule has 3 N–H and O–H groups in total. The number of aromatic amines is 1. The van der Waals surface area contributed by atoms with Gasteiger partial charge in [0.1, 0.15) is 5.82 Å². The summed E-state index contributed by atoms with van der Waals surface area (Å²) in [5, 5.41) is 11.2. The van der Waals surface area contributed by atoms with Crippen LogP contribution in [0.25, 0.3) is 11.0 Å². The molecule has 0 saturated carbocycles. The number of fused-ring (bicyclic) bond motifs is 1. The first kappa shape index (κ1) is 13.4. The monoisotopic (exact) mass is 279 g/mol. The average Bonchev–Trinajstić information content (AvgIpc) is 2.67. The van der Waals surface area contributed by atoms with Gasteiger partial charge in [-0.15, -0.1) is 11.8 Å². The molecular weight excluding hydrogens is 266 g/mol. The number of carboxylic acids is 1. The van der Waals surface area contributed by atoms with Crippen molar-refractivity contribution in [1.82, 2.24) is 9.97 Å². The summed E-state index contributed by atoms with van der Waals surface area (Å²) < 4.78 is 0. The zero-order valence-corrected chi connectivity index (χ0v) is 11.1. The first-order valence-electron chi connectivity index (χ1n) is 5.60. The Hall–Kier alpha value is -2.02. The number of thioether (sulfide) groups is 1. The van der Waals surface area contributed by atoms with Crippen molar-refractivity contribution in [2.45, 2.75) is 6.92 Å². The van der Waals surface area contributed by atoms with Gasteiger partial charge in [-0.1, -0.05) is 0 Å². The lowest BCUT2D eigenvalue weighted by Gasteiger charge is -2.04. The van der Waals surface area contributed by atoms with E-state index in [-0.39, 0.29) is 17.4 Å². The van der Waals surface area contributed by atoms with E-state index in [4.69, 9.17) is 5.11 Å². The summed E-state index contributed by atoms with van der Waals surface area (Å²) in [5.41, 5.74) is 2.36. The second kappa shape index (κ2) is 5.75. The Morgan fingerprint density at radius 2 is 2.21 bits per heavy atom. The number of carbonyl (C=O) groups is 2. The fourth-order valence-electron chi connectivity index (χ4n) is 1.64. The molecular formula is C12H13N3O3S. The maximum atomic E-state index is 11.6. The van der Waals surface area contributed by atoms with Gasteiger partial charge < -0.3 is 15.4 Å². The second-order valence-electron chi connectivity index (χ2n) is 3.99. The van der Waals surface area contributed by atoms with E-state index in [0.29, 0.717) is 5.69 Å². The van der Waals surface area contributed by atoms with Gasteiger partial charge in [0.05, 0.1) is 22.5 Å². The van der Waals surface area contributed by atoms with E-state index < -0.39 is 5.97 Å². The van der Waals surface area contributed by atoms with E-state index in [1.807, 2.05) is 13.0 Å². The fourth-order valence-corrected chi connectivity index (χ4v) is 2.18. The molecule has 100 valence electrons. The highest BCUT2D eigenvalue weighted by Crippen LogP contribution is 2.17. The first-order valence-corrected chi connectivity index (χ1v) is 6.76. The second-order valence-corrected chi connectivity index (χ2v) is 4.97. The molecule has 0 unspecified atom stereocenters. The van der Waals surface area contributed by atoms with Crippen molar-refractivity contribution < 1.29 is 14.7 Å². The van der Waals surface area contributed by atoms with E-state index in [0.717, 1.165) is 28.6 Å². The normalized spacial score (nSPS) is 10.6. The van der Waals surface area contributed by atoms with Crippen LogP contribution in [0.5, 0.6) is 0 Å². The topological polar surface area (TPSA) is 95.1 Å². The summed E-state index contributed by atoms with van der Waals surface area (Å²) in [6, 6.07) is 5.39. The number of aryl methyl sites for hydroxylation is 1. The molecule has 0 radical (unpaired) electrons. The van der Waals surface area contributed by atoms with Gasteiger partial charge in [0.2, 0.25) is 5.91 Å². The molecule has 2 aromatic rings. The Balaban J connectivity index is 1.96. The molecule has 1 heterocycles. The molecule has 0 aliphatic carbocycles. The zero-order valence-electron chi connectivity index (χ0n) is 10.3. The van der Waals surface area contributed by atoms with Crippen molar-refractivity contribution in [2.75, 3.05) is 16.8 Å². The summed E-state index contributed by atoms with van der Waals surface area (Å²) in [6.07, 6.45) is 0. The number of nitrogens with zero attached hydrogens (tertiary/aromatic N) is 1. The van der Waals surface area contributed by atoms with Crippen LogP contribution in [0.3, 0.4) is 0 Å². The van der Waals surface area contributed by atoms with E-state index in [1.54, 1.807) is 12.1 Å². The summed E-state index contributed by atoms with van der Waals surface area (Å²) in [5.74, 6) is -0.289. The van der Waals surface area contributed by atoms with Crippen molar-refractivity contribution in [3.63, 3.8) is 0 Å². The van der Waals surface area contributed by atoms with Crippen LogP contribution < -0.4 is 5.32 Å². The minimum absolute atomic E-state index is 0.0772. The van der Waals surface area contributed by atoms with Gasteiger partial charge >= 0.3 is 5.97 Å². The van der Waals surface area contributed by atoms with Crippen molar-refractivity contribution in [2.24, 2.45) is 0 Å². The minimum Gasteiger partial charge on any atom is -0.481 e. The van der Waals surface area contributed by atoms with Crippen LogP contribution >= 0.6 is 11.8 Å². The van der Waals surface area contributed by atoms with Gasteiger partial charge in [-0.05, 0) is 25.1 Å². The zero-order chi connectivity index (χ0) is 13.8. The van der Waals surface area contributed by atoms with Gasteiger partial charge in [0, 0.05) is 5.69 Å². The highest BCUT2D eigenvalue weighted by molar-refractivity contribution is 8.00. The van der Waals surface area contributed by atoms with Crippen LogP contribution in [-0.2, 0) is 9.59 Å². The van der Waals surface area contributed by atoms with Gasteiger partial charge in [-0.2, -0.15) is 0 Å². The first-order chi connectivity index (χ1) is 9.04. The molecule has 7 heteroatoms. The van der Waals surface area contributed by atoms with Gasteiger partial charge in [0.15, 0.2) is 0 Å². The number of hydrogen-bond acceptors (Lipinski definition) is 4. The van der Waals surface area contributed by atoms with Crippen molar-refractivity contribution >= 4 is 40.4 Å². The molecule has 0 saturated heterocycles. The van der Waals surface area contributed by atoms with Crippen molar-refractivity contribution in [3.05, 3.63) is 24.0 Å².